The first-order valence-corrected chi connectivity index (χ1v) is 11.3. The quantitative estimate of drug-likeness (QED) is 0.502. The second kappa shape index (κ2) is 10.0. The van der Waals surface area contributed by atoms with Gasteiger partial charge in [-0.15, -0.1) is 0 Å². The summed E-state index contributed by atoms with van der Waals surface area (Å²) in [5.41, 5.74) is 3.49. The van der Waals surface area contributed by atoms with Gasteiger partial charge >= 0.3 is 0 Å². The van der Waals surface area contributed by atoms with Gasteiger partial charge in [0.05, 0.1) is 29.7 Å². The number of fused-ring (bicyclic) bond motifs is 1. The van der Waals surface area contributed by atoms with Crippen molar-refractivity contribution in [1.82, 2.24) is 9.55 Å². The van der Waals surface area contributed by atoms with E-state index in [4.69, 9.17) is 9.47 Å². The standard InChI is InChI=1S/C25H30N4O4/c1-4-33-13-7-12-28-20-9-6-5-8-19(20)26-25(28)27-24(31)18-15-23(30)29(16-18)21-14-17(2)10-11-22(21)32-3/h5-6,8-11,14,18H,4,7,12-13,15-16H2,1-3H3,(H,26,27,31). The van der Waals surface area contributed by atoms with Crippen LogP contribution in [0.4, 0.5) is 11.6 Å². The number of carbonyl (C=O) groups is 2. The number of rotatable bonds is 9. The lowest BCUT2D eigenvalue weighted by molar-refractivity contribution is -0.122. The van der Waals surface area contributed by atoms with Gasteiger partial charge in [-0.1, -0.05) is 18.2 Å². The first-order valence-electron chi connectivity index (χ1n) is 11.3. The topological polar surface area (TPSA) is 85.7 Å². The largest absolute Gasteiger partial charge is 0.495 e. The molecule has 1 unspecified atom stereocenters. The van der Waals surface area contributed by atoms with Gasteiger partial charge in [-0.3, -0.25) is 14.9 Å². The molecule has 2 amide bonds. The lowest BCUT2D eigenvalue weighted by Gasteiger charge is -2.20. The number of nitrogens with one attached hydrogen (secondary N) is 1. The van der Waals surface area contributed by atoms with E-state index >= 15 is 0 Å². The van der Waals surface area contributed by atoms with Crippen molar-refractivity contribution in [2.75, 3.05) is 37.1 Å². The molecule has 2 aromatic carbocycles. The fraction of sp³-hybridized carbons (Fsp3) is 0.400. The zero-order valence-electron chi connectivity index (χ0n) is 19.3. The molecule has 33 heavy (non-hydrogen) atoms. The number of aryl methyl sites for hydroxylation is 2. The van der Waals surface area contributed by atoms with Gasteiger partial charge in [0.25, 0.3) is 0 Å². The number of methoxy groups -OCH3 is 1. The molecular formula is C25H30N4O4. The molecule has 3 aromatic rings. The van der Waals surface area contributed by atoms with E-state index in [1.54, 1.807) is 12.0 Å². The van der Waals surface area contributed by atoms with Crippen molar-refractivity contribution in [3.8, 4) is 5.75 Å². The molecule has 0 aliphatic carbocycles. The number of benzene rings is 2. The van der Waals surface area contributed by atoms with Crippen LogP contribution < -0.4 is 15.0 Å². The van der Waals surface area contributed by atoms with E-state index in [2.05, 4.69) is 10.3 Å². The predicted molar refractivity (Wildman–Crippen MR) is 128 cm³/mol. The third kappa shape index (κ3) is 4.85. The summed E-state index contributed by atoms with van der Waals surface area (Å²) < 4.78 is 12.9. The molecule has 8 heteroatoms. The Bertz CT molecular complexity index is 1160. The summed E-state index contributed by atoms with van der Waals surface area (Å²) in [5, 5.41) is 2.98. The summed E-state index contributed by atoms with van der Waals surface area (Å²) in [4.78, 5) is 32.2. The molecule has 0 saturated carbocycles. The fourth-order valence-corrected chi connectivity index (χ4v) is 4.21. The maximum Gasteiger partial charge on any atom is 0.232 e. The van der Waals surface area contributed by atoms with Crippen molar-refractivity contribution in [3.05, 3.63) is 48.0 Å². The number of hydrogen-bond donors (Lipinski definition) is 1. The number of aromatic nitrogens is 2. The number of para-hydroxylation sites is 2. The first-order chi connectivity index (χ1) is 16.0. The Morgan fingerprint density at radius 1 is 1.24 bits per heavy atom. The molecule has 174 valence electrons. The van der Waals surface area contributed by atoms with Gasteiger partial charge in [0.2, 0.25) is 17.8 Å². The SMILES string of the molecule is CCOCCCn1c(NC(=O)C2CC(=O)N(c3cc(C)ccc3OC)C2)nc2ccccc21. The van der Waals surface area contributed by atoms with Crippen molar-refractivity contribution in [2.45, 2.75) is 33.2 Å². The lowest BCUT2D eigenvalue weighted by atomic mass is 10.1. The Kier molecular flexibility index (Phi) is 6.93. The third-order valence-electron chi connectivity index (χ3n) is 5.89. The van der Waals surface area contributed by atoms with Crippen molar-refractivity contribution in [2.24, 2.45) is 5.92 Å². The van der Waals surface area contributed by atoms with Crippen LogP contribution in [-0.2, 0) is 20.9 Å². The average Bonchev–Trinajstić information content (AvgIpc) is 3.37. The van der Waals surface area contributed by atoms with E-state index in [-0.39, 0.29) is 18.2 Å². The summed E-state index contributed by atoms with van der Waals surface area (Å²) in [6.45, 7) is 6.22. The van der Waals surface area contributed by atoms with Crippen LogP contribution >= 0.6 is 0 Å². The van der Waals surface area contributed by atoms with Crippen molar-refractivity contribution in [3.63, 3.8) is 0 Å². The highest BCUT2D eigenvalue weighted by molar-refractivity contribution is 6.04. The normalized spacial score (nSPS) is 15.9. The minimum atomic E-state index is -0.473. The van der Waals surface area contributed by atoms with Crippen LogP contribution in [0.15, 0.2) is 42.5 Å². The summed E-state index contributed by atoms with van der Waals surface area (Å²) in [5.74, 6) is 0.338. The zero-order valence-corrected chi connectivity index (χ0v) is 19.3. The average molecular weight is 451 g/mol. The third-order valence-corrected chi connectivity index (χ3v) is 5.89. The summed E-state index contributed by atoms with van der Waals surface area (Å²) in [6.07, 6.45) is 0.952. The monoisotopic (exact) mass is 450 g/mol. The van der Waals surface area contributed by atoms with Crippen molar-refractivity contribution >= 4 is 34.5 Å². The number of hydrogen-bond acceptors (Lipinski definition) is 5. The smallest absolute Gasteiger partial charge is 0.232 e. The number of imidazole rings is 1. The van der Waals surface area contributed by atoms with Gasteiger partial charge in [-0.2, -0.15) is 0 Å². The van der Waals surface area contributed by atoms with Crippen LogP contribution in [0.2, 0.25) is 0 Å². The van der Waals surface area contributed by atoms with Crippen LogP contribution in [0.1, 0.15) is 25.3 Å². The van der Waals surface area contributed by atoms with Gasteiger partial charge in [0.15, 0.2) is 0 Å². The molecular weight excluding hydrogens is 420 g/mol. The highest BCUT2D eigenvalue weighted by atomic mass is 16.5. The van der Waals surface area contributed by atoms with Gasteiger partial charge in [-0.05, 0) is 50.1 Å². The molecule has 0 radical (unpaired) electrons. The molecule has 4 rings (SSSR count). The molecule has 1 aromatic heterocycles. The summed E-state index contributed by atoms with van der Waals surface area (Å²) >= 11 is 0. The van der Waals surface area contributed by atoms with Crippen molar-refractivity contribution in [1.29, 1.82) is 0 Å². The minimum Gasteiger partial charge on any atom is -0.495 e. The molecule has 1 fully saturated rings. The number of ether oxygens (including phenoxy) is 2. The van der Waals surface area contributed by atoms with Gasteiger partial charge in [0.1, 0.15) is 5.75 Å². The van der Waals surface area contributed by atoms with E-state index in [1.165, 1.54) is 0 Å². The molecule has 2 heterocycles. The van der Waals surface area contributed by atoms with E-state index in [0.29, 0.717) is 43.7 Å². The fourth-order valence-electron chi connectivity index (χ4n) is 4.21. The maximum absolute atomic E-state index is 13.2. The van der Waals surface area contributed by atoms with Gasteiger partial charge in [-0.25, -0.2) is 4.98 Å². The Balaban J connectivity index is 1.52. The Hall–Kier alpha value is -3.39. The van der Waals surface area contributed by atoms with Crippen LogP contribution in [-0.4, -0.2) is 48.2 Å². The van der Waals surface area contributed by atoms with E-state index in [0.717, 1.165) is 23.0 Å². The van der Waals surface area contributed by atoms with Gasteiger partial charge in [0, 0.05) is 32.7 Å². The van der Waals surface area contributed by atoms with Crippen LogP contribution in [0.3, 0.4) is 0 Å². The first kappa shape index (κ1) is 22.8. The second-order valence-electron chi connectivity index (χ2n) is 8.20. The van der Waals surface area contributed by atoms with Gasteiger partial charge < -0.3 is 18.9 Å². The Labute approximate surface area is 193 Å². The Morgan fingerprint density at radius 2 is 2.06 bits per heavy atom. The molecule has 0 spiro atoms. The number of nitrogens with zero attached hydrogens (tertiary/aromatic N) is 3. The summed E-state index contributed by atoms with van der Waals surface area (Å²) in [6, 6.07) is 13.5. The second-order valence-corrected chi connectivity index (χ2v) is 8.20. The number of carbonyl (C=O) groups excluding carboxylic acids is 2. The zero-order chi connectivity index (χ0) is 23.4. The van der Waals surface area contributed by atoms with Crippen LogP contribution in [0, 0.1) is 12.8 Å². The molecule has 1 aliphatic rings. The predicted octanol–water partition coefficient (Wildman–Crippen LogP) is 3.77. The lowest BCUT2D eigenvalue weighted by Crippen LogP contribution is -2.29. The maximum atomic E-state index is 13.2. The van der Waals surface area contributed by atoms with E-state index < -0.39 is 5.92 Å². The highest BCUT2D eigenvalue weighted by Gasteiger charge is 2.36. The highest BCUT2D eigenvalue weighted by Crippen LogP contribution is 2.34. The molecule has 8 nitrogen and oxygen atoms in total. The molecule has 1 N–H and O–H groups in total. The van der Waals surface area contributed by atoms with E-state index in [9.17, 15) is 9.59 Å². The molecule has 1 atom stereocenters. The molecule has 0 bridgehead atoms. The molecule has 1 saturated heterocycles. The Morgan fingerprint density at radius 3 is 2.85 bits per heavy atom. The van der Waals surface area contributed by atoms with Crippen LogP contribution in [0.25, 0.3) is 11.0 Å². The molecule has 1 aliphatic heterocycles. The summed E-state index contributed by atoms with van der Waals surface area (Å²) in [7, 11) is 1.58. The van der Waals surface area contributed by atoms with Crippen LogP contribution in [0.5, 0.6) is 5.75 Å². The van der Waals surface area contributed by atoms with Crippen molar-refractivity contribution < 1.29 is 19.1 Å². The number of anilines is 2. The van der Waals surface area contributed by atoms with E-state index in [1.807, 2.05) is 60.9 Å². The number of amides is 2. The minimum absolute atomic E-state index is 0.0933.